The molecule has 0 amide bonds. The Balaban J connectivity index is 1.97. The van der Waals surface area contributed by atoms with E-state index in [1.807, 2.05) is 0 Å². The molecule has 0 saturated heterocycles. The van der Waals surface area contributed by atoms with Crippen molar-refractivity contribution in [3.05, 3.63) is 46.8 Å². The molecular formula is C14H15F2N3O2. The van der Waals surface area contributed by atoms with E-state index >= 15 is 0 Å². The first-order valence-corrected chi connectivity index (χ1v) is 6.27. The predicted octanol–water partition coefficient (Wildman–Crippen LogP) is 2.10. The molecule has 112 valence electrons. The van der Waals surface area contributed by atoms with Crippen molar-refractivity contribution in [1.29, 1.82) is 0 Å². The van der Waals surface area contributed by atoms with Gasteiger partial charge in [-0.25, -0.2) is 8.78 Å². The van der Waals surface area contributed by atoms with E-state index in [1.165, 1.54) is 4.68 Å². The van der Waals surface area contributed by atoms with Crippen LogP contribution in [-0.2, 0) is 22.7 Å². The van der Waals surface area contributed by atoms with E-state index < -0.39 is 17.6 Å². The maximum Gasteiger partial charge on any atom is 0.328 e. The smallest absolute Gasteiger partial charge is 0.328 e. The Labute approximate surface area is 120 Å². The fourth-order valence-electron chi connectivity index (χ4n) is 1.89. The van der Waals surface area contributed by atoms with Crippen molar-refractivity contribution in [3.8, 4) is 0 Å². The van der Waals surface area contributed by atoms with Gasteiger partial charge in [-0.05, 0) is 31.5 Å². The highest BCUT2D eigenvalue weighted by molar-refractivity contribution is 5.69. The van der Waals surface area contributed by atoms with Crippen LogP contribution in [0.4, 0.5) is 14.5 Å². The molecule has 21 heavy (non-hydrogen) atoms. The van der Waals surface area contributed by atoms with Crippen molar-refractivity contribution in [1.82, 2.24) is 9.78 Å². The number of rotatable bonds is 4. The molecule has 0 aliphatic rings. The Hall–Kier alpha value is -2.44. The number of nitrogen functional groups attached to an aromatic ring is 1. The number of hydrogen-bond donors (Lipinski definition) is 1. The third kappa shape index (κ3) is 3.56. The van der Waals surface area contributed by atoms with Crippen LogP contribution in [-0.4, -0.2) is 15.7 Å². The largest absolute Gasteiger partial charge is 0.459 e. The van der Waals surface area contributed by atoms with Gasteiger partial charge in [0.1, 0.15) is 24.8 Å². The van der Waals surface area contributed by atoms with Gasteiger partial charge in [0.25, 0.3) is 0 Å². The summed E-state index contributed by atoms with van der Waals surface area (Å²) in [5.74, 6) is -2.00. The minimum absolute atomic E-state index is 0.109. The molecule has 0 aliphatic carbocycles. The standard InChI is InChI=1S/C14H15F2N3O2/c1-8-14(17)9(2)19(18-8)6-13(20)21-7-10-3-11(15)5-12(16)4-10/h3-5H,6-7,17H2,1-2H3. The summed E-state index contributed by atoms with van der Waals surface area (Å²) in [6.07, 6.45) is 0. The van der Waals surface area contributed by atoms with E-state index in [4.69, 9.17) is 10.5 Å². The fraction of sp³-hybridized carbons (Fsp3) is 0.286. The Kier molecular flexibility index (Phi) is 4.21. The van der Waals surface area contributed by atoms with Crippen LogP contribution >= 0.6 is 0 Å². The van der Waals surface area contributed by atoms with Gasteiger partial charge in [0.05, 0.1) is 17.1 Å². The van der Waals surface area contributed by atoms with Gasteiger partial charge in [-0.15, -0.1) is 0 Å². The molecule has 0 radical (unpaired) electrons. The van der Waals surface area contributed by atoms with E-state index in [2.05, 4.69) is 5.10 Å². The second kappa shape index (κ2) is 5.90. The fourth-order valence-corrected chi connectivity index (χ4v) is 1.89. The lowest BCUT2D eigenvalue weighted by Gasteiger charge is -2.07. The third-order valence-corrected chi connectivity index (χ3v) is 3.04. The van der Waals surface area contributed by atoms with Crippen LogP contribution in [0.3, 0.4) is 0 Å². The zero-order chi connectivity index (χ0) is 15.6. The van der Waals surface area contributed by atoms with Crippen molar-refractivity contribution in [3.63, 3.8) is 0 Å². The van der Waals surface area contributed by atoms with Gasteiger partial charge in [0.2, 0.25) is 0 Å². The number of ether oxygens (including phenoxy) is 1. The normalized spacial score (nSPS) is 10.7. The van der Waals surface area contributed by atoms with E-state index in [1.54, 1.807) is 13.8 Å². The molecule has 0 bridgehead atoms. The summed E-state index contributed by atoms with van der Waals surface area (Å²) in [6.45, 7) is 3.16. The average Bonchev–Trinajstić information content (AvgIpc) is 2.63. The van der Waals surface area contributed by atoms with Gasteiger partial charge in [-0.1, -0.05) is 0 Å². The number of carbonyl (C=O) groups excluding carboxylic acids is 1. The van der Waals surface area contributed by atoms with Crippen molar-refractivity contribution in [2.24, 2.45) is 0 Å². The summed E-state index contributed by atoms with van der Waals surface area (Å²) >= 11 is 0. The quantitative estimate of drug-likeness (QED) is 0.877. The van der Waals surface area contributed by atoms with Crippen molar-refractivity contribution in [2.45, 2.75) is 27.0 Å². The highest BCUT2D eigenvalue weighted by Crippen LogP contribution is 2.15. The van der Waals surface area contributed by atoms with Gasteiger partial charge in [-0.3, -0.25) is 9.48 Å². The Morgan fingerprint density at radius 1 is 1.29 bits per heavy atom. The predicted molar refractivity (Wildman–Crippen MR) is 72.3 cm³/mol. The molecule has 1 aromatic carbocycles. The zero-order valence-corrected chi connectivity index (χ0v) is 11.7. The SMILES string of the molecule is Cc1nn(CC(=O)OCc2cc(F)cc(F)c2)c(C)c1N. The highest BCUT2D eigenvalue weighted by atomic mass is 19.1. The molecule has 0 fully saturated rings. The van der Waals surface area contributed by atoms with Crippen LogP contribution in [0.2, 0.25) is 0 Å². The molecule has 0 aliphatic heterocycles. The van der Waals surface area contributed by atoms with Crippen LogP contribution in [0.5, 0.6) is 0 Å². The molecule has 1 aromatic heterocycles. The molecule has 0 spiro atoms. The monoisotopic (exact) mass is 295 g/mol. The van der Waals surface area contributed by atoms with Gasteiger partial charge in [-0.2, -0.15) is 5.10 Å². The first kappa shape index (κ1) is 15.0. The molecule has 2 aromatic rings. The lowest BCUT2D eigenvalue weighted by atomic mass is 10.2. The lowest BCUT2D eigenvalue weighted by molar-refractivity contribution is -0.145. The molecule has 2 rings (SSSR count). The van der Waals surface area contributed by atoms with Crippen molar-refractivity contribution < 1.29 is 18.3 Å². The number of hydrogen-bond acceptors (Lipinski definition) is 4. The number of aromatic nitrogens is 2. The maximum absolute atomic E-state index is 13.0. The topological polar surface area (TPSA) is 70.1 Å². The second-order valence-corrected chi connectivity index (χ2v) is 4.68. The van der Waals surface area contributed by atoms with Crippen LogP contribution in [0, 0.1) is 25.5 Å². The number of aryl methyl sites for hydroxylation is 1. The minimum atomic E-state index is -0.715. The van der Waals surface area contributed by atoms with Crippen molar-refractivity contribution >= 4 is 11.7 Å². The van der Waals surface area contributed by atoms with Crippen LogP contribution in [0.25, 0.3) is 0 Å². The molecule has 0 saturated carbocycles. The molecular weight excluding hydrogens is 280 g/mol. The van der Waals surface area contributed by atoms with Crippen molar-refractivity contribution in [2.75, 3.05) is 5.73 Å². The molecule has 1 heterocycles. The summed E-state index contributed by atoms with van der Waals surface area (Å²) in [4.78, 5) is 11.7. The molecule has 2 N–H and O–H groups in total. The molecule has 5 nitrogen and oxygen atoms in total. The Morgan fingerprint density at radius 3 is 2.43 bits per heavy atom. The number of carbonyl (C=O) groups is 1. The number of nitrogens with two attached hydrogens (primary N) is 1. The van der Waals surface area contributed by atoms with Crippen LogP contribution in [0.1, 0.15) is 17.0 Å². The summed E-state index contributed by atoms with van der Waals surface area (Å²) in [7, 11) is 0. The number of benzene rings is 1. The third-order valence-electron chi connectivity index (χ3n) is 3.04. The molecule has 0 unspecified atom stereocenters. The maximum atomic E-state index is 13.0. The first-order chi connectivity index (χ1) is 9.86. The molecule has 0 atom stereocenters. The summed E-state index contributed by atoms with van der Waals surface area (Å²) < 4.78 is 32.4. The summed E-state index contributed by atoms with van der Waals surface area (Å²) in [5, 5.41) is 4.10. The first-order valence-electron chi connectivity index (χ1n) is 6.27. The summed E-state index contributed by atoms with van der Waals surface area (Å²) in [6, 6.07) is 2.97. The van der Waals surface area contributed by atoms with E-state index in [-0.39, 0.29) is 18.7 Å². The summed E-state index contributed by atoms with van der Waals surface area (Å²) in [5.41, 5.74) is 7.83. The molecule has 7 heteroatoms. The van der Waals surface area contributed by atoms with Gasteiger partial charge in [0.15, 0.2) is 0 Å². The van der Waals surface area contributed by atoms with E-state index in [0.717, 1.165) is 18.2 Å². The zero-order valence-electron chi connectivity index (χ0n) is 11.7. The lowest BCUT2D eigenvalue weighted by Crippen LogP contribution is -2.16. The van der Waals surface area contributed by atoms with Crippen LogP contribution < -0.4 is 5.73 Å². The van der Waals surface area contributed by atoms with E-state index in [0.29, 0.717) is 17.1 Å². The van der Waals surface area contributed by atoms with Gasteiger partial charge < -0.3 is 10.5 Å². The van der Waals surface area contributed by atoms with Gasteiger partial charge in [0, 0.05) is 6.07 Å². The minimum Gasteiger partial charge on any atom is -0.459 e. The van der Waals surface area contributed by atoms with Crippen LogP contribution in [0.15, 0.2) is 18.2 Å². The number of anilines is 1. The highest BCUT2D eigenvalue weighted by Gasteiger charge is 2.12. The average molecular weight is 295 g/mol. The van der Waals surface area contributed by atoms with E-state index in [9.17, 15) is 13.6 Å². The Morgan fingerprint density at radius 2 is 1.90 bits per heavy atom. The Bertz CT molecular complexity index is 663. The van der Waals surface area contributed by atoms with Gasteiger partial charge >= 0.3 is 5.97 Å². The number of nitrogens with zero attached hydrogens (tertiary/aromatic N) is 2. The number of esters is 1. The second-order valence-electron chi connectivity index (χ2n) is 4.68. The number of halogens is 2.